The third-order valence-corrected chi connectivity index (χ3v) is 4.73. The molecule has 0 bridgehead atoms. The highest BCUT2D eigenvalue weighted by Crippen LogP contribution is 2.10. The molecule has 0 saturated carbocycles. The van der Waals surface area contributed by atoms with E-state index in [9.17, 15) is 8.42 Å². The van der Waals surface area contributed by atoms with E-state index in [1.807, 2.05) is 32.9 Å². The van der Waals surface area contributed by atoms with E-state index < -0.39 is 10.0 Å². The summed E-state index contributed by atoms with van der Waals surface area (Å²) < 4.78 is 26.6. The molecular formula is C15H26N2O2S. The van der Waals surface area contributed by atoms with E-state index in [2.05, 4.69) is 9.62 Å². The SMILES string of the molecule is CC.Cc1ccc(S(=O)(=O)NCCN2CCCC2)cc1. The van der Waals surface area contributed by atoms with E-state index in [1.165, 1.54) is 12.8 Å². The Bertz CT molecular complexity index is 477. The molecule has 1 saturated heterocycles. The van der Waals surface area contributed by atoms with E-state index in [0.29, 0.717) is 11.4 Å². The molecule has 1 aromatic carbocycles. The van der Waals surface area contributed by atoms with Crippen LogP contribution in [0.2, 0.25) is 0 Å². The van der Waals surface area contributed by atoms with Crippen LogP contribution in [0.5, 0.6) is 0 Å². The second-order valence-electron chi connectivity index (χ2n) is 4.76. The highest BCUT2D eigenvalue weighted by Gasteiger charge is 2.15. The molecule has 1 heterocycles. The van der Waals surface area contributed by atoms with Crippen molar-refractivity contribution in [2.45, 2.75) is 38.5 Å². The molecule has 0 aliphatic carbocycles. The number of benzene rings is 1. The van der Waals surface area contributed by atoms with Gasteiger partial charge in [0.05, 0.1) is 4.90 Å². The molecule has 1 aromatic rings. The molecule has 0 radical (unpaired) electrons. The molecular weight excluding hydrogens is 272 g/mol. The van der Waals surface area contributed by atoms with Crippen molar-refractivity contribution in [2.24, 2.45) is 0 Å². The number of nitrogens with one attached hydrogen (secondary N) is 1. The zero-order valence-corrected chi connectivity index (χ0v) is 13.5. The van der Waals surface area contributed by atoms with Crippen LogP contribution in [0.3, 0.4) is 0 Å². The van der Waals surface area contributed by atoms with Crippen LogP contribution in [0.4, 0.5) is 0 Å². The molecule has 0 aromatic heterocycles. The second kappa shape index (κ2) is 8.39. The lowest BCUT2D eigenvalue weighted by molar-refractivity contribution is 0.344. The third kappa shape index (κ3) is 5.23. The minimum Gasteiger partial charge on any atom is -0.302 e. The molecule has 0 amide bonds. The molecule has 1 aliphatic rings. The van der Waals surface area contributed by atoms with Crippen LogP contribution in [-0.4, -0.2) is 39.5 Å². The van der Waals surface area contributed by atoms with E-state index in [4.69, 9.17) is 0 Å². The average Bonchev–Trinajstić information content (AvgIpc) is 2.94. The standard InChI is InChI=1S/C13H20N2O2S.C2H6/c1-12-4-6-13(7-5-12)18(16,17)14-8-11-15-9-2-3-10-15;1-2/h4-7,14H,2-3,8-11H2,1H3;1-2H3. The first-order valence-electron chi connectivity index (χ1n) is 7.37. The van der Waals surface area contributed by atoms with Gasteiger partial charge in [-0.3, -0.25) is 0 Å². The topological polar surface area (TPSA) is 49.4 Å². The fraction of sp³-hybridized carbons (Fsp3) is 0.600. The molecule has 4 nitrogen and oxygen atoms in total. The third-order valence-electron chi connectivity index (χ3n) is 3.25. The van der Waals surface area contributed by atoms with Gasteiger partial charge in [0.15, 0.2) is 0 Å². The Balaban J connectivity index is 0.000000956. The van der Waals surface area contributed by atoms with E-state index in [0.717, 1.165) is 25.2 Å². The second-order valence-corrected chi connectivity index (χ2v) is 6.53. The van der Waals surface area contributed by atoms with Crippen molar-refractivity contribution in [3.05, 3.63) is 29.8 Å². The summed E-state index contributed by atoms with van der Waals surface area (Å²) in [6.07, 6.45) is 2.45. The molecule has 0 spiro atoms. The molecule has 5 heteroatoms. The Hall–Kier alpha value is -0.910. The lowest BCUT2D eigenvalue weighted by atomic mass is 10.2. The van der Waals surface area contributed by atoms with Crippen LogP contribution in [0.25, 0.3) is 0 Å². The van der Waals surface area contributed by atoms with Crippen molar-refractivity contribution >= 4 is 10.0 Å². The molecule has 20 heavy (non-hydrogen) atoms. The first kappa shape index (κ1) is 17.1. The lowest BCUT2D eigenvalue weighted by Crippen LogP contribution is -2.33. The molecule has 1 aliphatic heterocycles. The van der Waals surface area contributed by atoms with Gasteiger partial charge in [0.2, 0.25) is 10.0 Å². The normalized spacial score (nSPS) is 15.8. The van der Waals surface area contributed by atoms with Crippen molar-refractivity contribution < 1.29 is 8.42 Å². The maximum absolute atomic E-state index is 12.0. The average molecular weight is 298 g/mol. The van der Waals surface area contributed by atoms with Crippen LogP contribution in [0, 0.1) is 6.92 Å². The summed E-state index contributed by atoms with van der Waals surface area (Å²) in [4.78, 5) is 2.63. The van der Waals surface area contributed by atoms with Gasteiger partial charge in [-0.15, -0.1) is 0 Å². The number of aryl methyl sites for hydroxylation is 1. The Labute approximate surface area is 123 Å². The maximum atomic E-state index is 12.0. The fourth-order valence-corrected chi connectivity index (χ4v) is 3.17. The summed E-state index contributed by atoms with van der Waals surface area (Å²) in [5.74, 6) is 0. The van der Waals surface area contributed by atoms with Gasteiger partial charge in [-0.05, 0) is 45.0 Å². The highest BCUT2D eigenvalue weighted by molar-refractivity contribution is 7.89. The van der Waals surface area contributed by atoms with Gasteiger partial charge in [-0.1, -0.05) is 31.5 Å². The zero-order chi connectivity index (χ0) is 15.0. The molecule has 0 atom stereocenters. The van der Waals surface area contributed by atoms with Crippen molar-refractivity contribution in [1.29, 1.82) is 0 Å². The number of nitrogens with zero attached hydrogens (tertiary/aromatic N) is 1. The Morgan fingerprint density at radius 2 is 1.65 bits per heavy atom. The van der Waals surface area contributed by atoms with Gasteiger partial charge in [0.1, 0.15) is 0 Å². The first-order chi connectivity index (χ1) is 9.58. The molecule has 2 rings (SSSR count). The van der Waals surface area contributed by atoms with Crippen molar-refractivity contribution in [3.8, 4) is 0 Å². The molecule has 114 valence electrons. The Kier molecular flexibility index (Phi) is 7.19. The van der Waals surface area contributed by atoms with Crippen LogP contribution in [0.15, 0.2) is 29.2 Å². The van der Waals surface area contributed by atoms with E-state index in [1.54, 1.807) is 12.1 Å². The number of rotatable bonds is 5. The van der Waals surface area contributed by atoms with Crippen LogP contribution < -0.4 is 4.72 Å². The van der Waals surface area contributed by atoms with E-state index >= 15 is 0 Å². The van der Waals surface area contributed by atoms with Crippen molar-refractivity contribution in [3.63, 3.8) is 0 Å². The van der Waals surface area contributed by atoms with Gasteiger partial charge in [0, 0.05) is 13.1 Å². The summed E-state index contributed by atoms with van der Waals surface area (Å²) >= 11 is 0. The first-order valence-corrected chi connectivity index (χ1v) is 8.85. The zero-order valence-electron chi connectivity index (χ0n) is 12.7. The number of hydrogen-bond acceptors (Lipinski definition) is 3. The quantitative estimate of drug-likeness (QED) is 0.908. The van der Waals surface area contributed by atoms with Gasteiger partial charge < -0.3 is 4.90 Å². The smallest absolute Gasteiger partial charge is 0.240 e. The molecule has 1 N–H and O–H groups in total. The number of likely N-dealkylation sites (tertiary alicyclic amines) is 1. The van der Waals surface area contributed by atoms with E-state index in [-0.39, 0.29) is 0 Å². The highest BCUT2D eigenvalue weighted by atomic mass is 32.2. The van der Waals surface area contributed by atoms with Crippen molar-refractivity contribution in [2.75, 3.05) is 26.2 Å². The Morgan fingerprint density at radius 3 is 2.20 bits per heavy atom. The van der Waals surface area contributed by atoms with Gasteiger partial charge in [0.25, 0.3) is 0 Å². The predicted octanol–water partition coefficient (Wildman–Crippen LogP) is 2.40. The minimum absolute atomic E-state index is 0.342. The van der Waals surface area contributed by atoms with Crippen LogP contribution >= 0.6 is 0 Å². The van der Waals surface area contributed by atoms with Gasteiger partial charge in [-0.2, -0.15) is 0 Å². The lowest BCUT2D eigenvalue weighted by Gasteiger charge is -2.14. The minimum atomic E-state index is -3.35. The Morgan fingerprint density at radius 1 is 1.10 bits per heavy atom. The van der Waals surface area contributed by atoms with Gasteiger partial charge >= 0.3 is 0 Å². The van der Waals surface area contributed by atoms with Crippen LogP contribution in [0.1, 0.15) is 32.3 Å². The summed E-state index contributed by atoms with van der Waals surface area (Å²) in [6, 6.07) is 6.92. The number of sulfonamides is 1. The van der Waals surface area contributed by atoms with Gasteiger partial charge in [-0.25, -0.2) is 13.1 Å². The van der Waals surface area contributed by atoms with Crippen LogP contribution in [-0.2, 0) is 10.0 Å². The summed E-state index contributed by atoms with van der Waals surface area (Å²) in [5.41, 5.74) is 1.06. The van der Waals surface area contributed by atoms with Crippen molar-refractivity contribution in [1.82, 2.24) is 9.62 Å². The summed E-state index contributed by atoms with van der Waals surface area (Å²) in [6.45, 7) is 9.40. The molecule has 1 fully saturated rings. The summed E-state index contributed by atoms with van der Waals surface area (Å²) in [7, 11) is -3.35. The fourth-order valence-electron chi connectivity index (χ4n) is 2.15. The largest absolute Gasteiger partial charge is 0.302 e. The number of hydrogen-bond donors (Lipinski definition) is 1. The summed E-state index contributed by atoms with van der Waals surface area (Å²) in [5, 5.41) is 0. The maximum Gasteiger partial charge on any atom is 0.240 e. The monoisotopic (exact) mass is 298 g/mol. The molecule has 0 unspecified atom stereocenters. The predicted molar refractivity (Wildman–Crippen MR) is 83.4 cm³/mol.